The molecule has 0 saturated heterocycles. The lowest BCUT2D eigenvalue weighted by Crippen LogP contribution is -2.11. The van der Waals surface area contributed by atoms with Gasteiger partial charge in [-0.25, -0.2) is 0 Å². The molecule has 0 aliphatic carbocycles. The largest absolute Gasteiger partial charge is 0.416 e. The lowest BCUT2D eigenvalue weighted by atomic mass is 9.93. The predicted molar refractivity (Wildman–Crippen MR) is 341 cm³/mol. The van der Waals surface area contributed by atoms with Gasteiger partial charge in [-0.3, -0.25) is 0 Å². The van der Waals surface area contributed by atoms with Crippen LogP contribution in [0.5, 0.6) is 0 Å². The van der Waals surface area contributed by atoms with E-state index in [0.29, 0.717) is 67.4 Å². The fourth-order valence-electron chi connectivity index (χ4n) is 13.0. The normalized spacial score (nSPS) is 12.5. The number of halogens is 15. The van der Waals surface area contributed by atoms with Crippen molar-refractivity contribution >= 4 is 43.6 Å². The number of alkyl halides is 15. The van der Waals surface area contributed by atoms with Crippen LogP contribution >= 0.6 is 0 Å². The number of hydrogen-bond acceptors (Lipinski definition) is 2. The SMILES string of the molecule is Cc1cc(C)cc(-c2ccc3c(c2)c2cc(-c4cc(C)cc(C(F)(F)F)c4)ccc2n3-c2cc(-c3ccc(C(F)(F)F)cc3C#N)ccc2-c2ccc(C#N)cc2-n2c3ccc(-c4cc(C)cc(C(F)(F)F)c4)cc3c3cc(-c4cc(C(F)(F)F)cc(C(F)(F)F)c4)ccc32)c1. The van der Waals surface area contributed by atoms with Crippen molar-refractivity contribution < 1.29 is 65.9 Å². The minimum absolute atomic E-state index is 0.00467. The molecule has 0 fully saturated rings. The highest BCUT2D eigenvalue weighted by Gasteiger charge is 2.38. The van der Waals surface area contributed by atoms with Crippen molar-refractivity contribution in [2.45, 2.75) is 58.6 Å². The van der Waals surface area contributed by atoms with Gasteiger partial charge in [0.1, 0.15) is 0 Å². The molecule has 2 heterocycles. The number of fused-ring (bicyclic) bond motifs is 6. The lowest BCUT2D eigenvalue weighted by Gasteiger charge is -2.20. The van der Waals surface area contributed by atoms with E-state index >= 15 is 0 Å². The summed E-state index contributed by atoms with van der Waals surface area (Å²) in [6.07, 6.45) is -24.8. The Hall–Kier alpha value is -11.1. The zero-order valence-electron chi connectivity index (χ0n) is 50.5. The molecule has 0 aliphatic heterocycles. The molecule has 0 spiro atoms. The van der Waals surface area contributed by atoms with Crippen molar-refractivity contribution in [1.29, 1.82) is 10.5 Å². The molecule has 0 amide bonds. The van der Waals surface area contributed by atoms with Crippen molar-refractivity contribution in [3.05, 3.63) is 261 Å². The smallest absolute Gasteiger partial charge is 0.309 e. The Morgan fingerprint density at radius 3 is 0.958 bits per heavy atom. The number of nitriles is 2. The molecule has 0 saturated carbocycles. The Morgan fingerprint density at radius 1 is 0.260 bits per heavy atom. The van der Waals surface area contributed by atoms with Gasteiger partial charge in [0, 0.05) is 32.7 Å². The summed E-state index contributed by atoms with van der Waals surface area (Å²) in [6, 6.07) is 50.2. The van der Waals surface area contributed by atoms with Crippen LogP contribution in [-0.4, -0.2) is 9.13 Å². The summed E-state index contributed by atoms with van der Waals surface area (Å²) in [5.41, 5.74) is 1.24. The number of hydrogen-bond donors (Lipinski definition) is 0. The monoisotopic (exact) mass is 1310 g/mol. The summed E-state index contributed by atoms with van der Waals surface area (Å²) in [4.78, 5) is 0. The van der Waals surface area contributed by atoms with Crippen LogP contribution in [0, 0.1) is 50.4 Å². The van der Waals surface area contributed by atoms with Gasteiger partial charge in [0.25, 0.3) is 0 Å². The number of aryl methyl sites for hydroxylation is 4. The maximum Gasteiger partial charge on any atom is 0.416 e. The topological polar surface area (TPSA) is 57.4 Å². The summed E-state index contributed by atoms with van der Waals surface area (Å²) in [7, 11) is 0. The molecular formula is C77H45F15N4. The minimum atomic E-state index is -5.22. The Labute approximate surface area is 537 Å². The van der Waals surface area contributed by atoms with Gasteiger partial charge in [0.2, 0.25) is 0 Å². The van der Waals surface area contributed by atoms with Gasteiger partial charge >= 0.3 is 30.9 Å². The second-order valence-electron chi connectivity index (χ2n) is 23.9. The summed E-state index contributed by atoms with van der Waals surface area (Å²) in [5, 5.41) is 22.8. The maximum atomic E-state index is 14.5. The highest BCUT2D eigenvalue weighted by molar-refractivity contribution is 6.14. The van der Waals surface area contributed by atoms with Crippen molar-refractivity contribution in [2.24, 2.45) is 0 Å². The third-order valence-electron chi connectivity index (χ3n) is 17.2. The zero-order valence-corrected chi connectivity index (χ0v) is 50.5. The molecule has 11 aromatic carbocycles. The quantitative estimate of drug-likeness (QED) is 0.142. The molecule has 0 aliphatic rings. The number of rotatable bonds is 8. The fraction of sp³-hybridized carbons (Fsp3) is 0.117. The van der Waals surface area contributed by atoms with Gasteiger partial charge in [-0.2, -0.15) is 76.4 Å². The van der Waals surface area contributed by atoms with Crippen molar-refractivity contribution in [3.8, 4) is 90.3 Å². The van der Waals surface area contributed by atoms with Crippen LogP contribution in [0.2, 0.25) is 0 Å². The zero-order chi connectivity index (χ0) is 68.5. The molecule has 478 valence electrons. The standard InChI is InChI=1S/C77H45F15N4/c1-40-19-41(2)21-50(20-40)45-7-15-69-63(32-45)65-34-47(52-23-43(4)25-57(28-52)75(84,85)86)9-17-70(65)96(69)72-36-49(60-14-11-55(73(78,79)80)31-54(60)39-94)6-13-62(72)61-12-5-44(38-93)26-71(61)95-67-16-8-46(51-22-42(3)24-56(27-51)74(81,82)83)33-64(67)66-35-48(10-18-68(66)95)53-29-58(76(87,88)89)37-59(30-53)77(90,91)92/h5-37H,1-4H3. The van der Waals surface area contributed by atoms with Gasteiger partial charge in [0.05, 0.1) is 84.5 Å². The predicted octanol–water partition coefficient (Wildman–Crippen LogP) is 24.0. The molecule has 0 bridgehead atoms. The maximum absolute atomic E-state index is 14.5. The third-order valence-corrected chi connectivity index (χ3v) is 17.2. The third kappa shape index (κ3) is 11.7. The second-order valence-corrected chi connectivity index (χ2v) is 23.9. The first-order chi connectivity index (χ1) is 45.2. The van der Waals surface area contributed by atoms with Gasteiger partial charge in [-0.15, -0.1) is 0 Å². The molecule has 0 radical (unpaired) electrons. The highest BCUT2D eigenvalue weighted by atomic mass is 19.4. The Bertz CT molecular complexity index is 5430. The molecule has 0 atom stereocenters. The first-order valence-corrected chi connectivity index (χ1v) is 29.5. The van der Waals surface area contributed by atoms with Gasteiger partial charge < -0.3 is 9.13 Å². The highest BCUT2D eigenvalue weighted by Crippen LogP contribution is 2.48. The molecular weight excluding hydrogens is 1270 g/mol. The lowest BCUT2D eigenvalue weighted by molar-refractivity contribution is -0.143. The van der Waals surface area contributed by atoms with E-state index < -0.39 is 64.3 Å². The minimum Gasteiger partial charge on any atom is -0.309 e. The van der Waals surface area contributed by atoms with E-state index in [1.165, 1.54) is 49.4 Å². The number of aromatic nitrogens is 2. The molecule has 19 heteroatoms. The van der Waals surface area contributed by atoms with E-state index in [2.05, 4.69) is 6.07 Å². The summed E-state index contributed by atoms with van der Waals surface area (Å²) in [5.74, 6) is 0. The molecule has 4 nitrogen and oxygen atoms in total. The van der Waals surface area contributed by atoms with Crippen LogP contribution in [0.15, 0.2) is 200 Å². The Morgan fingerprint density at radius 2 is 0.583 bits per heavy atom. The first-order valence-electron chi connectivity index (χ1n) is 29.5. The summed E-state index contributed by atoms with van der Waals surface area (Å²) < 4.78 is 220. The van der Waals surface area contributed by atoms with Crippen LogP contribution in [0.25, 0.3) is 122 Å². The van der Waals surface area contributed by atoms with Crippen LogP contribution in [0.1, 0.15) is 61.2 Å². The Balaban J connectivity index is 1.13. The van der Waals surface area contributed by atoms with Crippen molar-refractivity contribution in [1.82, 2.24) is 9.13 Å². The number of benzene rings is 11. The molecule has 0 unspecified atom stereocenters. The van der Waals surface area contributed by atoms with Gasteiger partial charge in [-0.05, 0) is 216 Å². The average molecular weight is 1310 g/mol. The van der Waals surface area contributed by atoms with E-state index in [1.54, 1.807) is 78.2 Å². The second kappa shape index (κ2) is 22.9. The van der Waals surface area contributed by atoms with Crippen LogP contribution < -0.4 is 0 Å². The molecule has 0 N–H and O–H groups in total. The molecule has 2 aromatic heterocycles. The van der Waals surface area contributed by atoms with E-state index in [0.717, 1.165) is 58.7 Å². The van der Waals surface area contributed by atoms with E-state index in [1.807, 2.05) is 60.9 Å². The molecule has 96 heavy (non-hydrogen) atoms. The van der Waals surface area contributed by atoms with Crippen LogP contribution in [0.3, 0.4) is 0 Å². The van der Waals surface area contributed by atoms with Gasteiger partial charge in [-0.1, -0.05) is 90.0 Å². The van der Waals surface area contributed by atoms with E-state index in [-0.39, 0.29) is 78.1 Å². The fourth-order valence-corrected chi connectivity index (χ4v) is 13.0. The van der Waals surface area contributed by atoms with Crippen LogP contribution in [-0.2, 0) is 30.9 Å². The Kier molecular flexibility index (Phi) is 15.2. The van der Waals surface area contributed by atoms with Gasteiger partial charge in [0.15, 0.2) is 0 Å². The summed E-state index contributed by atoms with van der Waals surface area (Å²) >= 11 is 0. The first kappa shape index (κ1) is 63.7. The van der Waals surface area contributed by atoms with Crippen LogP contribution in [0.4, 0.5) is 65.9 Å². The van der Waals surface area contributed by atoms with E-state index in [4.69, 9.17) is 0 Å². The van der Waals surface area contributed by atoms with Crippen molar-refractivity contribution in [3.63, 3.8) is 0 Å². The average Bonchev–Trinajstić information content (AvgIpc) is 1.55. The molecule has 13 aromatic rings. The van der Waals surface area contributed by atoms with Crippen molar-refractivity contribution in [2.75, 3.05) is 0 Å². The summed E-state index contributed by atoms with van der Waals surface area (Å²) in [6.45, 7) is 6.90. The number of nitrogens with zero attached hydrogens (tertiary/aromatic N) is 4. The van der Waals surface area contributed by atoms with E-state index in [9.17, 15) is 76.4 Å². The molecule has 13 rings (SSSR count).